The number of hydrogen-bond donors (Lipinski definition) is 1. The monoisotopic (exact) mass is 285 g/mol. The van der Waals surface area contributed by atoms with E-state index in [1.54, 1.807) is 19.1 Å². The normalized spacial score (nSPS) is 11.7. The molecule has 0 unspecified atom stereocenters. The quantitative estimate of drug-likeness (QED) is 0.939. The molecule has 0 saturated heterocycles. The summed E-state index contributed by atoms with van der Waals surface area (Å²) in [6.07, 6.45) is 0. The van der Waals surface area contributed by atoms with E-state index in [2.05, 4.69) is 4.72 Å². The SMILES string of the molecule is Cc1ccc(CNS(=O)(=O)c2ccc(Cl)cc2)o1. The van der Waals surface area contributed by atoms with Crippen LogP contribution in [0.4, 0.5) is 0 Å². The summed E-state index contributed by atoms with van der Waals surface area (Å²) in [5, 5.41) is 0.496. The summed E-state index contributed by atoms with van der Waals surface area (Å²) in [5.41, 5.74) is 0. The fourth-order valence-electron chi connectivity index (χ4n) is 1.44. The van der Waals surface area contributed by atoms with Crippen LogP contribution in [0.5, 0.6) is 0 Å². The Morgan fingerprint density at radius 3 is 2.39 bits per heavy atom. The first kappa shape index (κ1) is 13.1. The summed E-state index contributed by atoms with van der Waals surface area (Å²) in [6.45, 7) is 1.93. The number of halogens is 1. The molecule has 96 valence electrons. The van der Waals surface area contributed by atoms with Gasteiger partial charge in [-0.1, -0.05) is 11.6 Å². The fourth-order valence-corrected chi connectivity index (χ4v) is 2.56. The van der Waals surface area contributed by atoms with Gasteiger partial charge < -0.3 is 4.42 Å². The van der Waals surface area contributed by atoms with Gasteiger partial charge in [-0.25, -0.2) is 13.1 Å². The van der Waals surface area contributed by atoms with Gasteiger partial charge in [0.2, 0.25) is 10.0 Å². The second-order valence-electron chi connectivity index (χ2n) is 3.79. The first-order valence-electron chi connectivity index (χ1n) is 5.28. The molecular formula is C12H12ClNO3S. The van der Waals surface area contributed by atoms with Gasteiger partial charge >= 0.3 is 0 Å². The predicted molar refractivity (Wildman–Crippen MR) is 68.9 cm³/mol. The standard InChI is InChI=1S/C12H12ClNO3S/c1-9-2-5-11(17-9)8-14-18(15,16)12-6-3-10(13)4-7-12/h2-7,14H,8H2,1H3. The molecule has 1 aromatic carbocycles. The lowest BCUT2D eigenvalue weighted by Gasteiger charge is -2.05. The number of hydrogen-bond acceptors (Lipinski definition) is 3. The Balaban J connectivity index is 2.10. The Bertz CT molecular complexity index is 632. The summed E-state index contributed by atoms with van der Waals surface area (Å²) in [4.78, 5) is 0.176. The Kier molecular flexibility index (Phi) is 3.75. The molecule has 0 saturated carbocycles. The summed E-state index contributed by atoms with van der Waals surface area (Å²) >= 11 is 5.71. The van der Waals surface area contributed by atoms with Crippen LogP contribution in [0.25, 0.3) is 0 Å². The Morgan fingerprint density at radius 2 is 1.83 bits per heavy atom. The summed E-state index contributed by atoms with van der Waals surface area (Å²) < 4.78 is 31.6. The first-order chi connectivity index (χ1) is 8.47. The van der Waals surface area contributed by atoms with Gasteiger partial charge in [-0.2, -0.15) is 0 Å². The van der Waals surface area contributed by atoms with Crippen molar-refractivity contribution in [2.45, 2.75) is 18.4 Å². The molecule has 2 rings (SSSR count). The van der Waals surface area contributed by atoms with Gasteiger partial charge in [-0.15, -0.1) is 0 Å². The lowest BCUT2D eigenvalue weighted by Crippen LogP contribution is -2.22. The van der Waals surface area contributed by atoms with Crippen molar-refractivity contribution in [3.8, 4) is 0 Å². The van der Waals surface area contributed by atoms with Crippen molar-refractivity contribution in [3.63, 3.8) is 0 Å². The van der Waals surface area contributed by atoms with E-state index in [9.17, 15) is 8.42 Å². The minimum atomic E-state index is -3.53. The third-order valence-electron chi connectivity index (χ3n) is 2.36. The highest BCUT2D eigenvalue weighted by atomic mass is 35.5. The molecule has 1 N–H and O–H groups in total. The van der Waals surface area contributed by atoms with E-state index in [1.807, 2.05) is 0 Å². The van der Waals surface area contributed by atoms with Crippen LogP contribution in [0.1, 0.15) is 11.5 Å². The molecular weight excluding hydrogens is 274 g/mol. The van der Waals surface area contributed by atoms with Crippen LogP contribution in [-0.2, 0) is 16.6 Å². The number of benzene rings is 1. The highest BCUT2D eigenvalue weighted by Gasteiger charge is 2.14. The molecule has 0 bridgehead atoms. The lowest BCUT2D eigenvalue weighted by atomic mass is 10.4. The number of nitrogens with one attached hydrogen (secondary N) is 1. The molecule has 0 atom stereocenters. The maximum atomic E-state index is 11.9. The molecule has 0 fully saturated rings. The van der Waals surface area contributed by atoms with Crippen LogP contribution in [-0.4, -0.2) is 8.42 Å². The number of rotatable bonds is 4. The third-order valence-corrected chi connectivity index (χ3v) is 4.03. The molecule has 1 aromatic heterocycles. The van der Waals surface area contributed by atoms with Gasteiger partial charge in [0, 0.05) is 5.02 Å². The Labute approximate surface area is 111 Å². The van der Waals surface area contributed by atoms with E-state index in [1.165, 1.54) is 24.3 Å². The van der Waals surface area contributed by atoms with Crippen LogP contribution in [0.2, 0.25) is 5.02 Å². The Morgan fingerprint density at radius 1 is 1.17 bits per heavy atom. The molecule has 0 radical (unpaired) electrons. The van der Waals surface area contributed by atoms with Crippen LogP contribution in [0, 0.1) is 6.92 Å². The highest BCUT2D eigenvalue weighted by Crippen LogP contribution is 2.14. The van der Waals surface area contributed by atoms with E-state index in [0.717, 1.165) is 5.76 Å². The van der Waals surface area contributed by atoms with Crippen LogP contribution < -0.4 is 4.72 Å². The van der Waals surface area contributed by atoms with Gasteiger partial charge in [0.25, 0.3) is 0 Å². The zero-order chi connectivity index (χ0) is 13.2. The molecule has 18 heavy (non-hydrogen) atoms. The zero-order valence-electron chi connectivity index (χ0n) is 9.68. The predicted octanol–water partition coefficient (Wildman–Crippen LogP) is 2.72. The van der Waals surface area contributed by atoms with Crippen molar-refractivity contribution in [1.29, 1.82) is 0 Å². The first-order valence-corrected chi connectivity index (χ1v) is 7.14. The summed E-state index contributed by atoms with van der Waals surface area (Å²) in [5.74, 6) is 1.32. The minimum absolute atomic E-state index is 0.124. The lowest BCUT2D eigenvalue weighted by molar-refractivity contribution is 0.475. The smallest absolute Gasteiger partial charge is 0.240 e. The molecule has 1 heterocycles. The molecule has 4 nitrogen and oxygen atoms in total. The maximum Gasteiger partial charge on any atom is 0.240 e. The molecule has 0 aliphatic heterocycles. The van der Waals surface area contributed by atoms with Crippen molar-refractivity contribution in [1.82, 2.24) is 4.72 Å². The van der Waals surface area contributed by atoms with E-state index < -0.39 is 10.0 Å². The van der Waals surface area contributed by atoms with Crippen molar-refractivity contribution >= 4 is 21.6 Å². The molecule has 0 aliphatic carbocycles. The van der Waals surface area contributed by atoms with Gasteiger partial charge in [-0.05, 0) is 43.3 Å². The van der Waals surface area contributed by atoms with Crippen LogP contribution in [0.3, 0.4) is 0 Å². The van der Waals surface area contributed by atoms with Crippen molar-refractivity contribution in [2.75, 3.05) is 0 Å². The van der Waals surface area contributed by atoms with E-state index in [0.29, 0.717) is 10.8 Å². The molecule has 0 aliphatic rings. The second kappa shape index (κ2) is 5.14. The molecule has 0 spiro atoms. The van der Waals surface area contributed by atoms with Gasteiger partial charge in [-0.3, -0.25) is 0 Å². The van der Waals surface area contributed by atoms with Crippen LogP contribution >= 0.6 is 11.6 Å². The zero-order valence-corrected chi connectivity index (χ0v) is 11.3. The number of aryl methyl sites for hydroxylation is 1. The average Bonchev–Trinajstić information content (AvgIpc) is 2.73. The van der Waals surface area contributed by atoms with E-state index >= 15 is 0 Å². The maximum absolute atomic E-state index is 11.9. The van der Waals surface area contributed by atoms with Gasteiger partial charge in [0.05, 0.1) is 11.4 Å². The molecule has 2 aromatic rings. The van der Waals surface area contributed by atoms with Gasteiger partial charge in [0.1, 0.15) is 11.5 Å². The average molecular weight is 286 g/mol. The molecule has 6 heteroatoms. The highest BCUT2D eigenvalue weighted by molar-refractivity contribution is 7.89. The number of furan rings is 1. The van der Waals surface area contributed by atoms with E-state index in [4.69, 9.17) is 16.0 Å². The van der Waals surface area contributed by atoms with Crippen molar-refractivity contribution in [3.05, 3.63) is 52.9 Å². The van der Waals surface area contributed by atoms with Crippen molar-refractivity contribution < 1.29 is 12.8 Å². The second-order valence-corrected chi connectivity index (χ2v) is 5.99. The largest absolute Gasteiger partial charge is 0.465 e. The minimum Gasteiger partial charge on any atom is -0.465 e. The van der Waals surface area contributed by atoms with Gasteiger partial charge in [0.15, 0.2) is 0 Å². The third kappa shape index (κ3) is 3.13. The molecule has 0 amide bonds. The Hall–Kier alpha value is -1.30. The fraction of sp³-hybridized carbons (Fsp3) is 0.167. The van der Waals surface area contributed by atoms with E-state index in [-0.39, 0.29) is 11.4 Å². The van der Waals surface area contributed by atoms with Crippen molar-refractivity contribution in [2.24, 2.45) is 0 Å². The number of sulfonamides is 1. The van der Waals surface area contributed by atoms with Crippen LogP contribution in [0.15, 0.2) is 45.7 Å². The summed E-state index contributed by atoms with van der Waals surface area (Å²) in [6, 6.07) is 9.50. The summed E-state index contributed by atoms with van der Waals surface area (Å²) in [7, 11) is -3.53. The topological polar surface area (TPSA) is 59.3 Å².